The van der Waals surface area contributed by atoms with Gasteiger partial charge in [-0.05, 0) is 142 Å². The van der Waals surface area contributed by atoms with Gasteiger partial charge in [0.25, 0.3) is 0 Å². The highest BCUT2D eigenvalue weighted by Crippen LogP contribution is 2.39. The van der Waals surface area contributed by atoms with Crippen LogP contribution in [0.5, 0.6) is 5.75 Å². The van der Waals surface area contributed by atoms with Crippen molar-refractivity contribution in [3.05, 3.63) is 69.8 Å². The molecule has 1 fully saturated rings. The van der Waals surface area contributed by atoms with Crippen molar-refractivity contribution in [3.63, 3.8) is 0 Å². The van der Waals surface area contributed by atoms with E-state index in [1.54, 1.807) is 0 Å². The Morgan fingerprint density at radius 2 is 1.58 bits per heavy atom. The first kappa shape index (κ1) is 46.0. The number of hydrogen-bond donors (Lipinski definition) is 1. The second-order valence-electron chi connectivity index (χ2n) is 15.7. The van der Waals surface area contributed by atoms with Crippen molar-refractivity contribution in [2.75, 3.05) is 20.2 Å². The van der Waals surface area contributed by atoms with Crippen molar-refractivity contribution < 1.29 is 4.74 Å². The van der Waals surface area contributed by atoms with Gasteiger partial charge in [-0.3, -0.25) is 0 Å². The maximum atomic E-state index is 6.00. The Balaban J connectivity index is 0.000000751. The molecular formula is C48H83NO. The normalized spacial score (nSPS) is 16.9. The van der Waals surface area contributed by atoms with Crippen molar-refractivity contribution >= 4 is 5.57 Å². The van der Waals surface area contributed by atoms with E-state index >= 15 is 0 Å². The summed E-state index contributed by atoms with van der Waals surface area (Å²) < 4.78 is 6.00. The molecule has 0 aromatic heterocycles. The molecule has 3 unspecified atom stereocenters. The molecular weight excluding hydrogens is 607 g/mol. The first-order chi connectivity index (χ1) is 24.1. The summed E-state index contributed by atoms with van der Waals surface area (Å²) in [4.78, 5) is 0. The van der Waals surface area contributed by atoms with Crippen molar-refractivity contribution in [2.24, 2.45) is 17.8 Å². The lowest BCUT2D eigenvalue weighted by atomic mass is 9.81. The molecule has 2 rings (SSSR count). The second kappa shape index (κ2) is 27.6. The predicted octanol–water partition coefficient (Wildman–Crippen LogP) is 15.1. The fourth-order valence-electron chi connectivity index (χ4n) is 7.51. The summed E-state index contributed by atoms with van der Waals surface area (Å²) in [5.41, 5.74) is 9.43. The van der Waals surface area contributed by atoms with Crippen LogP contribution >= 0.6 is 0 Å². The van der Waals surface area contributed by atoms with Crippen LogP contribution in [0.4, 0.5) is 0 Å². The molecule has 1 N–H and O–H groups in total. The molecule has 0 amide bonds. The smallest absolute Gasteiger partial charge is 0.122 e. The molecule has 50 heavy (non-hydrogen) atoms. The largest absolute Gasteiger partial charge is 0.496 e. The predicted molar refractivity (Wildman–Crippen MR) is 227 cm³/mol. The molecule has 0 aliphatic carbocycles. The van der Waals surface area contributed by atoms with Gasteiger partial charge in [-0.1, -0.05) is 149 Å². The van der Waals surface area contributed by atoms with E-state index in [4.69, 9.17) is 4.74 Å². The number of hydrogen-bond acceptors (Lipinski definition) is 2. The van der Waals surface area contributed by atoms with Crippen LogP contribution in [0.15, 0.2) is 53.2 Å². The van der Waals surface area contributed by atoms with Crippen LogP contribution in [0.2, 0.25) is 0 Å². The zero-order valence-corrected chi connectivity index (χ0v) is 35.4. The van der Waals surface area contributed by atoms with Crippen LogP contribution in [0.25, 0.3) is 5.57 Å². The summed E-state index contributed by atoms with van der Waals surface area (Å²) in [6.45, 7) is 27.5. The highest BCUT2D eigenvalue weighted by atomic mass is 16.5. The number of rotatable bonds is 22. The summed E-state index contributed by atoms with van der Waals surface area (Å²) in [7, 11) is 1.83. The number of methoxy groups -OCH3 is 1. The van der Waals surface area contributed by atoms with Gasteiger partial charge in [-0.2, -0.15) is 0 Å². The third-order valence-corrected chi connectivity index (χ3v) is 11.2. The summed E-state index contributed by atoms with van der Waals surface area (Å²) >= 11 is 0. The monoisotopic (exact) mass is 690 g/mol. The van der Waals surface area contributed by atoms with E-state index in [2.05, 4.69) is 118 Å². The molecule has 1 saturated heterocycles. The van der Waals surface area contributed by atoms with Crippen molar-refractivity contribution in [3.8, 4) is 5.75 Å². The lowest BCUT2D eigenvalue weighted by Gasteiger charge is -2.28. The van der Waals surface area contributed by atoms with Crippen molar-refractivity contribution in [2.45, 2.75) is 185 Å². The molecule has 1 aromatic carbocycles. The number of benzene rings is 1. The summed E-state index contributed by atoms with van der Waals surface area (Å²) in [5.74, 6) is 4.39. The molecule has 286 valence electrons. The maximum Gasteiger partial charge on any atom is 0.122 e. The average molecular weight is 690 g/mol. The molecule has 0 spiro atoms. The Bertz CT molecular complexity index is 1160. The van der Waals surface area contributed by atoms with E-state index in [9.17, 15) is 0 Å². The zero-order valence-electron chi connectivity index (χ0n) is 35.4. The summed E-state index contributed by atoms with van der Waals surface area (Å²) in [5, 5.41) is 3.51. The minimum Gasteiger partial charge on any atom is -0.496 e. The van der Waals surface area contributed by atoms with E-state index in [0.717, 1.165) is 62.3 Å². The Labute approximate surface area is 313 Å². The molecule has 1 aromatic rings. The Morgan fingerprint density at radius 3 is 2.16 bits per heavy atom. The number of allylic oxidation sites excluding steroid dienone is 8. The van der Waals surface area contributed by atoms with Gasteiger partial charge in [0.1, 0.15) is 5.75 Å². The van der Waals surface area contributed by atoms with E-state index in [1.165, 1.54) is 116 Å². The highest BCUT2D eigenvalue weighted by molar-refractivity contribution is 5.72. The molecule has 1 heterocycles. The third-order valence-electron chi connectivity index (χ3n) is 11.2. The first-order valence-corrected chi connectivity index (χ1v) is 21.2. The number of nitrogens with one attached hydrogen (secondary N) is 1. The van der Waals surface area contributed by atoms with E-state index in [-0.39, 0.29) is 0 Å². The van der Waals surface area contributed by atoms with Crippen molar-refractivity contribution in [1.82, 2.24) is 5.32 Å². The Morgan fingerprint density at radius 1 is 0.860 bits per heavy atom. The second-order valence-corrected chi connectivity index (χ2v) is 15.7. The van der Waals surface area contributed by atoms with Gasteiger partial charge in [0.15, 0.2) is 0 Å². The van der Waals surface area contributed by atoms with Crippen LogP contribution in [0.1, 0.15) is 195 Å². The van der Waals surface area contributed by atoms with Gasteiger partial charge in [0.05, 0.1) is 7.11 Å². The SMILES string of the molecule is CCC/C=C(/C=C(/C)c1cc(OC)c(C(CC)CC2CCNCC2)cc1C)C(\C)=C\C=C(\C)CCC.CCCCC(CCC)CCC(C)CC. The summed E-state index contributed by atoms with van der Waals surface area (Å²) in [6.07, 6.45) is 30.4. The van der Waals surface area contributed by atoms with E-state index < -0.39 is 0 Å². The Hall–Kier alpha value is -2.06. The van der Waals surface area contributed by atoms with Crippen LogP contribution in [-0.4, -0.2) is 20.2 Å². The van der Waals surface area contributed by atoms with Crippen LogP contribution in [0, 0.1) is 24.7 Å². The van der Waals surface area contributed by atoms with Crippen LogP contribution < -0.4 is 10.1 Å². The van der Waals surface area contributed by atoms with Crippen LogP contribution in [0.3, 0.4) is 0 Å². The minimum atomic E-state index is 0.559. The Kier molecular flexibility index (Phi) is 25.3. The fraction of sp³-hybridized carbons (Fsp3) is 0.708. The van der Waals surface area contributed by atoms with E-state index in [0.29, 0.717) is 5.92 Å². The molecule has 2 heteroatoms. The minimum absolute atomic E-state index is 0.559. The molecule has 3 atom stereocenters. The maximum absolute atomic E-state index is 6.00. The average Bonchev–Trinajstić information content (AvgIpc) is 3.12. The molecule has 0 bridgehead atoms. The van der Waals surface area contributed by atoms with Gasteiger partial charge in [-0.25, -0.2) is 0 Å². The number of piperidine rings is 1. The van der Waals surface area contributed by atoms with E-state index in [1.807, 2.05) is 7.11 Å². The fourth-order valence-corrected chi connectivity index (χ4v) is 7.51. The molecule has 0 radical (unpaired) electrons. The molecule has 2 nitrogen and oxygen atoms in total. The van der Waals surface area contributed by atoms with Gasteiger partial charge in [-0.15, -0.1) is 0 Å². The lowest BCUT2D eigenvalue weighted by Crippen LogP contribution is -2.28. The summed E-state index contributed by atoms with van der Waals surface area (Å²) in [6, 6.07) is 4.71. The number of ether oxygens (including phenoxy) is 1. The quantitative estimate of drug-likeness (QED) is 0.122. The third kappa shape index (κ3) is 17.9. The zero-order chi connectivity index (χ0) is 37.3. The molecule has 1 aliphatic heterocycles. The van der Waals surface area contributed by atoms with Gasteiger partial charge >= 0.3 is 0 Å². The number of unbranched alkanes of at least 4 members (excludes halogenated alkanes) is 2. The van der Waals surface area contributed by atoms with Crippen LogP contribution in [-0.2, 0) is 0 Å². The van der Waals surface area contributed by atoms with Gasteiger partial charge in [0, 0.05) is 0 Å². The van der Waals surface area contributed by atoms with Crippen molar-refractivity contribution in [1.29, 1.82) is 0 Å². The topological polar surface area (TPSA) is 21.3 Å². The first-order valence-electron chi connectivity index (χ1n) is 21.2. The lowest BCUT2D eigenvalue weighted by molar-refractivity contribution is 0.323. The highest BCUT2D eigenvalue weighted by Gasteiger charge is 2.22. The van der Waals surface area contributed by atoms with Gasteiger partial charge in [0.2, 0.25) is 0 Å². The molecule has 1 aliphatic rings. The van der Waals surface area contributed by atoms with Gasteiger partial charge < -0.3 is 10.1 Å². The standard InChI is InChI=1S/C34H53NO.C14H30/c1-9-12-14-31(26(5)16-15-25(4)13-10-2)21-27(6)32-24-34(36-8)33(22-28(32)7)30(11-3)23-29-17-19-35-20-18-29;1-5-8-10-14(9-6-2)12-11-13(4)7-3/h14-16,21-22,24,29-30,35H,9-13,17-20,23H2,1-8H3;13-14H,5-12H2,1-4H3/b25-15-,26-16+,27-21-,31-14-;. The molecule has 0 saturated carbocycles. The number of aryl methyl sites for hydroxylation is 1.